The maximum Gasteiger partial charge on any atom is 0.118 e. The third-order valence-corrected chi connectivity index (χ3v) is 3.05. The van der Waals surface area contributed by atoms with Gasteiger partial charge in [-0.2, -0.15) is 0 Å². The summed E-state index contributed by atoms with van der Waals surface area (Å²) in [6.45, 7) is 0.450. The first-order valence-electron chi connectivity index (χ1n) is 6.11. The zero-order chi connectivity index (χ0) is 14.4. The molecule has 0 amide bonds. The Hall–Kier alpha value is -1.48. The molecule has 2 aromatic carbocycles. The fourth-order valence-electron chi connectivity index (χ4n) is 1.68. The average Bonchev–Trinajstić information content (AvgIpc) is 2.43. The van der Waals surface area contributed by atoms with E-state index in [0.29, 0.717) is 22.4 Å². The van der Waals surface area contributed by atoms with Crippen molar-refractivity contribution in [2.24, 2.45) is 10.7 Å². The lowest BCUT2D eigenvalue weighted by Crippen LogP contribution is -2.07. The summed E-state index contributed by atoms with van der Waals surface area (Å²) in [6, 6.07) is 15.3. The predicted octanol–water partition coefficient (Wildman–Crippen LogP) is 4.99. The van der Waals surface area contributed by atoms with Gasteiger partial charge in [0.1, 0.15) is 5.84 Å². The fraction of sp³-hybridized carbons (Fsp3) is 0.0625. The van der Waals surface area contributed by atoms with Crippen LogP contribution < -0.4 is 5.73 Å². The minimum Gasteiger partial charge on any atom is -0.384 e. The number of aliphatic imine (C=N–C) groups is 1. The van der Waals surface area contributed by atoms with Gasteiger partial charge in [-0.25, -0.2) is 0 Å². The van der Waals surface area contributed by atoms with Crippen molar-refractivity contribution in [3.63, 3.8) is 0 Å². The van der Waals surface area contributed by atoms with Gasteiger partial charge in [0.2, 0.25) is 0 Å². The summed E-state index contributed by atoms with van der Waals surface area (Å²) in [5, 5.41) is 1.20. The summed E-state index contributed by atoms with van der Waals surface area (Å²) >= 11 is 11.9. The van der Waals surface area contributed by atoms with Gasteiger partial charge in [0, 0.05) is 10.0 Å². The van der Waals surface area contributed by atoms with E-state index >= 15 is 0 Å². The standard InChI is InChI=1S/C16H14Cl2N2.ClH/c17-14-8-13(9-15(18)10-14)11-20-16(19)7-6-12-4-2-1-3-5-12;/h1-10H,11H2,(H2,19,20);1H/b7-6+;. The third kappa shape index (κ3) is 6.21. The number of hydrogen-bond acceptors (Lipinski definition) is 1. The largest absolute Gasteiger partial charge is 0.384 e. The van der Waals surface area contributed by atoms with Gasteiger partial charge >= 0.3 is 0 Å². The van der Waals surface area contributed by atoms with Crippen molar-refractivity contribution in [1.82, 2.24) is 0 Å². The summed E-state index contributed by atoms with van der Waals surface area (Å²) in [5.74, 6) is 0.463. The van der Waals surface area contributed by atoms with Crippen LogP contribution in [0.15, 0.2) is 59.6 Å². The van der Waals surface area contributed by atoms with Crippen molar-refractivity contribution in [3.8, 4) is 0 Å². The molecule has 0 spiro atoms. The molecule has 0 saturated heterocycles. The Bertz CT molecular complexity index is 617. The van der Waals surface area contributed by atoms with E-state index in [4.69, 9.17) is 28.9 Å². The van der Waals surface area contributed by atoms with Gasteiger partial charge in [-0.3, -0.25) is 4.99 Å². The van der Waals surface area contributed by atoms with Crippen molar-refractivity contribution >= 4 is 47.5 Å². The molecule has 0 radical (unpaired) electrons. The van der Waals surface area contributed by atoms with Crippen molar-refractivity contribution < 1.29 is 0 Å². The van der Waals surface area contributed by atoms with Crippen LogP contribution in [0.5, 0.6) is 0 Å². The zero-order valence-electron chi connectivity index (χ0n) is 11.2. The van der Waals surface area contributed by atoms with Gasteiger partial charge in [0.25, 0.3) is 0 Å². The Morgan fingerprint density at radius 1 is 1.05 bits per heavy atom. The van der Waals surface area contributed by atoms with E-state index in [-0.39, 0.29) is 12.4 Å². The normalized spacial score (nSPS) is 11.4. The molecule has 0 heterocycles. The highest BCUT2D eigenvalue weighted by Crippen LogP contribution is 2.19. The lowest BCUT2D eigenvalue weighted by atomic mass is 10.2. The maximum atomic E-state index is 5.93. The second-order valence-electron chi connectivity index (χ2n) is 4.26. The number of amidine groups is 1. The molecular formula is C16H15Cl3N2. The second kappa shape index (κ2) is 8.73. The van der Waals surface area contributed by atoms with E-state index in [2.05, 4.69) is 4.99 Å². The van der Waals surface area contributed by atoms with Crippen molar-refractivity contribution in [1.29, 1.82) is 0 Å². The Morgan fingerprint density at radius 2 is 1.67 bits per heavy atom. The smallest absolute Gasteiger partial charge is 0.118 e. The highest BCUT2D eigenvalue weighted by Gasteiger charge is 1.97. The molecule has 5 heteroatoms. The summed E-state index contributed by atoms with van der Waals surface area (Å²) in [6.07, 6.45) is 3.70. The fourth-order valence-corrected chi connectivity index (χ4v) is 2.25. The van der Waals surface area contributed by atoms with Crippen LogP contribution in [0.25, 0.3) is 6.08 Å². The second-order valence-corrected chi connectivity index (χ2v) is 5.14. The van der Waals surface area contributed by atoms with Gasteiger partial charge in [0.05, 0.1) is 6.54 Å². The van der Waals surface area contributed by atoms with Crippen molar-refractivity contribution in [2.75, 3.05) is 0 Å². The van der Waals surface area contributed by atoms with Crippen LogP contribution >= 0.6 is 35.6 Å². The third-order valence-electron chi connectivity index (χ3n) is 2.61. The van der Waals surface area contributed by atoms with E-state index in [1.165, 1.54) is 0 Å². The Labute approximate surface area is 140 Å². The Morgan fingerprint density at radius 3 is 2.29 bits per heavy atom. The number of halogens is 3. The topological polar surface area (TPSA) is 38.4 Å². The molecule has 0 aromatic heterocycles. The van der Waals surface area contributed by atoms with Crippen LogP contribution in [0.1, 0.15) is 11.1 Å². The quantitative estimate of drug-likeness (QED) is 0.617. The Kier molecular flexibility index (Phi) is 7.30. The summed E-state index contributed by atoms with van der Waals surface area (Å²) < 4.78 is 0. The average molecular weight is 342 g/mol. The van der Waals surface area contributed by atoms with Crippen LogP contribution in [-0.2, 0) is 6.54 Å². The Balaban J connectivity index is 0.00000220. The van der Waals surface area contributed by atoms with Crippen LogP contribution in [0.3, 0.4) is 0 Å². The number of hydrogen-bond donors (Lipinski definition) is 1. The van der Waals surface area contributed by atoms with E-state index in [0.717, 1.165) is 11.1 Å². The molecule has 2 N–H and O–H groups in total. The molecule has 0 bridgehead atoms. The maximum absolute atomic E-state index is 5.93. The van der Waals surface area contributed by atoms with Crippen molar-refractivity contribution in [2.45, 2.75) is 6.54 Å². The zero-order valence-corrected chi connectivity index (χ0v) is 13.5. The van der Waals surface area contributed by atoms with E-state index in [9.17, 15) is 0 Å². The minimum absolute atomic E-state index is 0. The first-order chi connectivity index (χ1) is 9.63. The molecule has 0 fully saturated rings. The molecule has 0 aliphatic rings. The van der Waals surface area contributed by atoms with Gasteiger partial charge in [-0.05, 0) is 35.4 Å². The molecule has 2 nitrogen and oxygen atoms in total. The SMILES string of the molecule is Cl.NC(/C=C/c1ccccc1)=NCc1cc(Cl)cc(Cl)c1. The molecule has 0 unspecified atom stereocenters. The van der Waals surface area contributed by atoms with Crippen LogP contribution in [0, 0.1) is 0 Å². The van der Waals surface area contributed by atoms with Gasteiger partial charge in [0.15, 0.2) is 0 Å². The molecule has 0 atom stereocenters. The highest BCUT2D eigenvalue weighted by molar-refractivity contribution is 6.34. The van der Waals surface area contributed by atoms with E-state index < -0.39 is 0 Å². The van der Waals surface area contributed by atoms with Crippen LogP contribution in [0.2, 0.25) is 10.0 Å². The molecule has 0 aliphatic carbocycles. The number of nitrogens with two attached hydrogens (primary N) is 1. The monoisotopic (exact) mass is 340 g/mol. The first kappa shape index (κ1) is 17.6. The number of nitrogens with zero attached hydrogens (tertiary/aromatic N) is 1. The molecule has 0 saturated carbocycles. The number of benzene rings is 2. The van der Waals surface area contributed by atoms with Gasteiger partial charge in [-0.15, -0.1) is 12.4 Å². The molecule has 21 heavy (non-hydrogen) atoms. The molecule has 110 valence electrons. The van der Waals surface area contributed by atoms with E-state index in [1.807, 2.05) is 48.5 Å². The molecule has 2 aromatic rings. The summed E-state index contributed by atoms with van der Waals surface area (Å²) in [5.41, 5.74) is 7.85. The molecule has 2 rings (SSSR count). The highest BCUT2D eigenvalue weighted by atomic mass is 35.5. The van der Waals surface area contributed by atoms with Gasteiger partial charge in [-0.1, -0.05) is 59.6 Å². The van der Waals surface area contributed by atoms with Crippen LogP contribution in [0.4, 0.5) is 0 Å². The summed E-state index contributed by atoms with van der Waals surface area (Å²) in [4.78, 5) is 4.28. The molecule has 0 aliphatic heterocycles. The van der Waals surface area contributed by atoms with E-state index in [1.54, 1.807) is 12.1 Å². The van der Waals surface area contributed by atoms with Gasteiger partial charge < -0.3 is 5.73 Å². The number of rotatable bonds is 4. The molecular weight excluding hydrogens is 327 g/mol. The lowest BCUT2D eigenvalue weighted by Gasteiger charge is -2.00. The lowest BCUT2D eigenvalue weighted by molar-refractivity contribution is 1.06. The van der Waals surface area contributed by atoms with Crippen LogP contribution in [-0.4, -0.2) is 5.84 Å². The predicted molar refractivity (Wildman–Crippen MR) is 94.5 cm³/mol. The van der Waals surface area contributed by atoms with Crippen molar-refractivity contribution in [3.05, 3.63) is 75.8 Å². The summed E-state index contributed by atoms with van der Waals surface area (Å²) in [7, 11) is 0. The first-order valence-corrected chi connectivity index (χ1v) is 6.87. The minimum atomic E-state index is 0.